The Hall–Kier alpha value is -2.25. The van der Waals surface area contributed by atoms with Gasteiger partial charge in [0.05, 0.1) is 15.4 Å². The summed E-state index contributed by atoms with van der Waals surface area (Å²) in [6.45, 7) is 2.36. The Bertz CT molecular complexity index is 850. The van der Waals surface area contributed by atoms with Crippen LogP contribution < -0.4 is 0 Å². The summed E-state index contributed by atoms with van der Waals surface area (Å²) in [7, 11) is -3.73. The Balaban J connectivity index is 2.01. The quantitative estimate of drug-likeness (QED) is 0.628. The molecule has 1 fully saturated rings. The van der Waals surface area contributed by atoms with E-state index in [4.69, 9.17) is 0 Å². The first-order valence-electron chi connectivity index (χ1n) is 7.68. The number of non-ortho nitro benzene ring substituents is 1. The van der Waals surface area contributed by atoms with Crippen LogP contribution in [0.4, 0.5) is 5.69 Å². The largest absolute Gasteiger partial charge is 0.269 e. The second-order valence-electron chi connectivity index (χ2n) is 6.07. The van der Waals surface area contributed by atoms with Crippen molar-refractivity contribution in [2.24, 2.45) is 0 Å². The van der Waals surface area contributed by atoms with Crippen LogP contribution in [0.15, 0.2) is 59.5 Å². The van der Waals surface area contributed by atoms with Crippen LogP contribution in [0, 0.1) is 10.1 Å². The SMILES string of the molecule is CC1(c2ccccc2)CCCN1S(=O)(=O)c1ccc([N+](=O)[O-])cc1. The lowest BCUT2D eigenvalue weighted by Crippen LogP contribution is -2.42. The number of sulfonamides is 1. The van der Waals surface area contributed by atoms with Gasteiger partial charge in [-0.25, -0.2) is 8.42 Å². The van der Waals surface area contributed by atoms with Crippen LogP contribution in [0.3, 0.4) is 0 Å². The van der Waals surface area contributed by atoms with Gasteiger partial charge in [-0.1, -0.05) is 30.3 Å². The fourth-order valence-corrected chi connectivity index (χ4v) is 5.11. The molecule has 0 amide bonds. The number of benzene rings is 2. The van der Waals surface area contributed by atoms with Crippen molar-refractivity contribution < 1.29 is 13.3 Å². The smallest absolute Gasteiger partial charge is 0.258 e. The van der Waals surface area contributed by atoms with Gasteiger partial charge in [0.15, 0.2) is 0 Å². The van der Waals surface area contributed by atoms with E-state index in [1.807, 2.05) is 37.3 Å². The molecule has 126 valence electrons. The highest BCUT2D eigenvalue weighted by Gasteiger charge is 2.45. The van der Waals surface area contributed by atoms with Gasteiger partial charge in [0.2, 0.25) is 10.0 Å². The number of hydrogen-bond donors (Lipinski definition) is 0. The van der Waals surface area contributed by atoms with Crippen LogP contribution in [0.1, 0.15) is 25.3 Å². The maximum Gasteiger partial charge on any atom is 0.269 e. The Morgan fingerprint density at radius 3 is 2.29 bits per heavy atom. The van der Waals surface area contributed by atoms with Crippen molar-refractivity contribution in [3.8, 4) is 0 Å². The molecule has 1 saturated heterocycles. The second kappa shape index (κ2) is 5.99. The molecule has 7 heteroatoms. The van der Waals surface area contributed by atoms with E-state index in [1.54, 1.807) is 0 Å². The van der Waals surface area contributed by atoms with Gasteiger partial charge in [0.1, 0.15) is 0 Å². The van der Waals surface area contributed by atoms with Crippen LogP contribution in [0.5, 0.6) is 0 Å². The molecule has 1 aliphatic heterocycles. The van der Waals surface area contributed by atoms with Gasteiger partial charge in [-0.15, -0.1) is 0 Å². The molecule has 1 unspecified atom stereocenters. The highest BCUT2D eigenvalue weighted by atomic mass is 32.2. The van der Waals surface area contributed by atoms with Crippen LogP contribution in [-0.4, -0.2) is 24.2 Å². The number of nitrogens with zero attached hydrogens (tertiary/aromatic N) is 2. The van der Waals surface area contributed by atoms with Crippen molar-refractivity contribution in [1.29, 1.82) is 0 Å². The highest BCUT2D eigenvalue weighted by molar-refractivity contribution is 7.89. The zero-order chi connectivity index (χ0) is 17.4. The molecule has 6 nitrogen and oxygen atoms in total. The predicted octanol–water partition coefficient (Wildman–Crippen LogP) is 3.29. The lowest BCUT2D eigenvalue weighted by molar-refractivity contribution is -0.384. The van der Waals surface area contributed by atoms with Crippen LogP contribution >= 0.6 is 0 Å². The minimum absolute atomic E-state index is 0.0807. The summed E-state index contributed by atoms with van der Waals surface area (Å²) in [5.74, 6) is 0. The van der Waals surface area contributed by atoms with Crippen LogP contribution in [0.25, 0.3) is 0 Å². The second-order valence-corrected chi connectivity index (χ2v) is 7.93. The van der Waals surface area contributed by atoms with E-state index in [0.29, 0.717) is 6.54 Å². The van der Waals surface area contributed by atoms with Crippen molar-refractivity contribution in [3.05, 3.63) is 70.3 Å². The number of rotatable bonds is 4. The minimum atomic E-state index is -3.73. The van der Waals surface area contributed by atoms with Gasteiger partial charge in [-0.05, 0) is 37.5 Å². The maximum atomic E-state index is 13.1. The molecule has 1 atom stereocenters. The number of nitro benzene ring substituents is 1. The van der Waals surface area contributed by atoms with E-state index < -0.39 is 20.5 Å². The normalized spacial score (nSPS) is 21.7. The average Bonchev–Trinajstić information content (AvgIpc) is 3.00. The average molecular weight is 346 g/mol. The summed E-state index contributed by atoms with van der Waals surface area (Å²) in [4.78, 5) is 10.3. The zero-order valence-corrected chi connectivity index (χ0v) is 14.1. The Morgan fingerprint density at radius 1 is 1.08 bits per heavy atom. The fraction of sp³-hybridized carbons (Fsp3) is 0.294. The predicted molar refractivity (Wildman–Crippen MR) is 90.0 cm³/mol. The van der Waals surface area contributed by atoms with Gasteiger partial charge in [0, 0.05) is 18.7 Å². The molecule has 0 saturated carbocycles. The third-order valence-electron chi connectivity index (χ3n) is 4.61. The molecule has 0 bridgehead atoms. The first kappa shape index (κ1) is 16.6. The topological polar surface area (TPSA) is 80.5 Å². The van der Waals surface area contributed by atoms with Crippen LogP contribution in [-0.2, 0) is 15.6 Å². The van der Waals surface area contributed by atoms with E-state index in [9.17, 15) is 18.5 Å². The molecule has 0 spiro atoms. The Kier molecular flexibility index (Phi) is 4.15. The van der Waals surface area contributed by atoms with E-state index >= 15 is 0 Å². The molecule has 0 aromatic heterocycles. The van der Waals surface area contributed by atoms with Crippen molar-refractivity contribution in [2.45, 2.75) is 30.2 Å². The summed E-state index contributed by atoms with van der Waals surface area (Å²) >= 11 is 0. The number of hydrogen-bond acceptors (Lipinski definition) is 4. The van der Waals surface area contributed by atoms with Crippen molar-refractivity contribution in [2.75, 3.05) is 6.54 Å². The molecule has 2 aromatic rings. The van der Waals surface area contributed by atoms with E-state index in [-0.39, 0.29) is 10.6 Å². The van der Waals surface area contributed by atoms with Gasteiger partial charge < -0.3 is 0 Å². The molecule has 0 radical (unpaired) electrons. The first-order valence-corrected chi connectivity index (χ1v) is 9.12. The van der Waals surface area contributed by atoms with E-state index in [2.05, 4.69) is 0 Å². The van der Waals surface area contributed by atoms with Crippen molar-refractivity contribution >= 4 is 15.7 Å². The van der Waals surface area contributed by atoms with Gasteiger partial charge in [-0.2, -0.15) is 4.31 Å². The third-order valence-corrected chi connectivity index (χ3v) is 6.64. The molecule has 1 heterocycles. The van der Waals surface area contributed by atoms with Gasteiger partial charge >= 0.3 is 0 Å². The molecular formula is C17H18N2O4S. The Morgan fingerprint density at radius 2 is 1.71 bits per heavy atom. The third kappa shape index (κ3) is 2.70. The molecular weight excluding hydrogens is 328 g/mol. The highest BCUT2D eigenvalue weighted by Crippen LogP contribution is 2.42. The number of nitro groups is 1. The fourth-order valence-electron chi connectivity index (χ4n) is 3.28. The molecule has 0 N–H and O–H groups in total. The van der Waals surface area contributed by atoms with E-state index in [0.717, 1.165) is 18.4 Å². The summed E-state index contributed by atoms with van der Waals surface area (Å²) in [6, 6.07) is 14.6. The monoisotopic (exact) mass is 346 g/mol. The summed E-state index contributed by atoms with van der Waals surface area (Å²) in [6.07, 6.45) is 1.51. The minimum Gasteiger partial charge on any atom is -0.258 e. The lowest BCUT2D eigenvalue weighted by atomic mass is 9.91. The van der Waals surface area contributed by atoms with Gasteiger partial charge in [0.25, 0.3) is 5.69 Å². The van der Waals surface area contributed by atoms with Gasteiger partial charge in [-0.3, -0.25) is 10.1 Å². The van der Waals surface area contributed by atoms with E-state index in [1.165, 1.54) is 28.6 Å². The van der Waals surface area contributed by atoms with Crippen LogP contribution in [0.2, 0.25) is 0 Å². The molecule has 0 aliphatic carbocycles. The molecule has 1 aliphatic rings. The van der Waals surface area contributed by atoms with Crippen molar-refractivity contribution in [1.82, 2.24) is 4.31 Å². The standard InChI is InChI=1S/C17H18N2O4S/c1-17(14-6-3-2-4-7-14)12-5-13-18(17)24(22,23)16-10-8-15(9-11-16)19(20)21/h2-4,6-11H,5,12-13H2,1H3. The first-order chi connectivity index (χ1) is 11.4. The molecule has 24 heavy (non-hydrogen) atoms. The summed E-state index contributed by atoms with van der Waals surface area (Å²) in [5.41, 5.74) is 0.219. The van der Waals surface area contributed by atoms with Crippen molar-refractivity contribution in [3.63, 3.8) is 0 Å². The zero-order valence-electron chi connectivity index (χ0n) is 13.3. The Labute approximate surface area is 140 Å². The molecule has 3 rings (SSSR count). The summed E-state index contributed by atoms with van der Waals surface area (Å²) in [5, 5.41) is 10.8. The summed E-state index contributed by atoms with van der Waals surface area (Å²) < 4.78 is 27.6. The maximum absolute atomic E-state index is 13.1. The lowest BCUT2D eigenvalue weighted by Gasteiger charge is -2.34. The molecule has 2 aromatic carbocycles.